The molecule has 2 aromatic rings. The molecular weight excluding hydrogens is 338 g/mol. The Labute approximate surface area is 151 Å². The van der Waals surface area contributed by atoms with Crippen LogP contribution in [0.4, 0.5) is 0 Å². The molecule has 4 rings (SSSR count). The molecule has 0 saturated carbocycles. The van der Waals surface area contributed by atoms with Gasteiger partial charge in [0.15, 0.2) is 0 Å². The largest absolute Gasteiger partial charge is 0.484 e. The fourth-order valence-corrected chi connectivity index (χ4v) is 3.54. The molecular formula is C20H16ClNO3. The first-order valence-electron chi connectivity index (χ1n) is 8.05. The third-order valence-corrected chi connectivity index (χ3v) is 4.74. The number of hydrogen-bond acceptors (Lipinski definition) is 3. The van der Waals surface area contributed by atoms with E-state index in [2.05, 4.69) is 17.9 Å². The highest BCUT2D eigenvalue weighted by atomic mass is 35.5. The lowest BCUT2D eigenvalue weighted by molar-refractivity contribution is -0.143. The molecule has 1 spiro atoms. The van der Waals surface area contributed by atoms with Gasteiger partial charge in [-0.1, -0.05) is 29.5 Å². The molecule has 0 atom stereocenters. The zero-order valence-electron chi connectivity index (χ0n) is 13.5. The molecule has 4 nitrogen and oxygen atoms in total. The van der Waals surface area contributed by atoms with E-state index >= 15 is 0 Å². The number of hydrogen-bond donors (Lipinski definition) is 1. The Morgan fingerprint density at radius 3 is 2.56 bits per heavy atom. The summed E-state index contributed by atoms with van der Waals surface area (Å²) in [6, 6.07) is 13.4. The second-order valence-corrected chi connectivity index (χ2v) is 7.02. The van der Waals surface area contributed by atoms with Crippen molar-refractivity contribution in [1.82, 2.24) is 4.90 Å². The number of rotatable bonds is 2. The van der Waals surface area contributed by atoms with E-state index in [-0.39, 0.29) is 12.1 Å². The summed E-state index contributed by atoms with van der Waals surface area (Å²) in [5.41, 5.74) is 2.70. The SMILES string of the molecule is O=C(O)CN1CC2(Cc3ccc(C#Cc4ccc(Cl)cc4)cc3O2)C1. The number of aliphatic carboxylic acids is 1. The molecule has 25 heavy (non-hydrogen) atoms. The number of carboxylic acid groups (broad SMARTS) is 1. The number of ether oxygens (including phenoxy) is 1. The number of halogens is 1. The van der Waals surface area contributed by atoms with Crippen molar-refractivity contribution in [2.45, 2.75) is 12.0 Å². The van der Waals surface area contributed by atoms with Gasteiger partial charge in [-0.15, -0.1) is 0 Å². The van der Waals surface area contributed by atoms with Crippen LogP contribution in [0, 0.1) is 11.8 Å². The van der Waals surface area contributed by atoms with Crippen LogP contribution in [-0.4, -0.2) is 41.2 Å². The van der Waals surface area contributed by atoms with Crippen LogP contribution in [0.1, 0.15) is 16.7 Å². The predicted octanol–water partition coefficient (Wildman–Crippen LogP) is 2.81. The van der Waals surface area contributed by atoms with Crippen molar-refractivity contribution in [3.05, 3.63) is 64.2 Å². The maximum absolute atomic E-state index is 10.8. The van der Waals surface area contributed by atoms with Crippen LogP contribution in [0.2, 0.25) is 5.02 Å². The van der Waals surface area contributed by atoms with Gasteiger partial charge in [0.25, 0.3) is 0 Å². The van der Waals surface area contributed by atoms with Crippen molar-refractivity contribution in [3.63, 3.8) is 0 Å². The third kappa shape index (κ3) is 3.34. The quantitative estimate of drug-likeness (QED) is 0.843. The lowest BCUT2D eigenvalue weighted by atomic mass is 9.89. The first kappa shape index (κ1) is 16.0. The molecule has 2 heterocycles. The second kappa shape index (κ2) is 6.11. The zero-order chi connectivity index (χ0) is 17.4. The van der Waals surface area contributed by atoms with E-state index in [1.165, 1.54) is 0 Å². The Balaban J connectivity index is 1.46. The van der Waals surface area contributed by atoms with Crippen molar-refractivity contribution in [2.24, 2.45) is 0 Å². The molecule has 2 aromatic carbocycles. The molecule has 0 unspecified atom stereocenters. The van der Waals surface area contributed by atoms with Crippen molar-refractivity contribution >= 4 is 17.6 Å². The van der Waals surface area contributed by atoms with Gasteiger partial charge in [0.2, 0.25) is 0 Å². The highest BCUT2D eigenvalue weighted by Gasteiger charge is 2.49. The summed E-state index contributed by atoms with van der Waals surface area (Å²) in [6.07, 6.45) is 0.823. The molecule has 5 heteroatoms. The monoisotopic (exact) mass is 353 g/mol. The maximum Gasteiger partial charge on any atom is 0.317 e. The zero-order valence-corrected chi connectivity index (χ0v) is 14.2. The minimum atomic E-state index is -0.801. The van der Waals surface area contributed by atoms with Gasteiger partial charge in [-0.25, -0.2) is 0 Å². The van der Waals surface area contributed by atoms with Gasteiger partial charge >= 0.3 is 5.97 Å². The minimum absolute atomic E-state index is 0.0687. The third-order valence-electron chi connectivity index (χ3n) is 4.48. The molecule has 1 fully saturated rings. The van der Waals surface area contributed by atoms with Crippen LogP contribution in [0.5, 0.6) is 5.75 Å². The topological polar surface area (TPSA) is 49.8 Å². The number of nitrogens with zero attached hydrogens (tertiary/aromatic N) is 1. The Bertz CT molecular complexity index is 889. The summed E-state index contributed by atoms with van der Waals surface area (Å²) >= 11 is 5.88. The highest BCUT2D eigenvalue weighted by Crippen LogP contribution is 2.40. The van der Waals surface area contributed by atoms with Gasteiger partial charge in [-0.05, 0) is 42.0 Å². The Hall–Kier alpha value is -2.48. The van der Waals surface area contributed by atoms with Gasteiger partial charge in [0, 0.05) is 35.7 Å². The number of carboxylic acids is 1. The van der Waals surface area contributed by atoms with Crippen LogP contribution >= 0.6 is 11.6 Å². The lowest BCUT2D eigenvalue weighted by Gasteiger charge is -2.46. The predicted molar refractivity (Wildman–Crippen MR) is 95.0 cm³/mol. The van der Waals surface area contributed by atoms with E-state index in [0.29, 0.717) is 18.1 Å². The highest BCUT2D eigenvalue weighted by molar-refractivity contribution is 6.30. The lowest BCUT2D eigenvalue weighted by Crippen LogP contribution is -2.65. The van der Waals surface area contributed by atoms with Crippen molar-refractivity contribution in [3.8, 4) is 17.6 Å². The number of benzene rings is 2. The summed E-state index contributed by atoms with van der Waals surface area (Å²) < 4.78 is 6.13. The van der Waals surface area contributed by atoms with E-state index in [1.807, 2.05) is 41.3 Å². The molecule has 0 aromatic heterocycles. The number of fused-ring (bicyclic) bond motifs is 1. The van der Waals surface area contributed by atoms with Gasteiger partial charge in [-0.2, -0.15) is 0 Å². The van der Waals surface area contributed by atoms with Crippen LogP contribution in [0.3, 0.4) is 0 Å². The molecule has 126 valence electrons. The van der Waals surface area contributed by atoms with Gasteiger partial charge in [-0.3, -0.25) is 9.69 Å². The Kier molecular flexibility index (Phi) is 3.91. The summed E-state index contributed by atoms with van der Waals surface area (Å²) in [5, 5.41) is 9.55. The summed E-state index contributed by atoms with van der Waals surface area (Å²) in [7, 11) is 0. The molecule has 1 N–H and O–H groups in total. The van der Waals surface area contributed by atoms with Crippen molar-refractivity contribution in [2.75, 3.05) is 19.6 Å². The van der Waals surface area contributed by atoms with Gasteiger partial charge in [0.05, 0.1) is 6.54 Å². The molecule has 0 amide bonds. The Morgan fingerprint density at radius 1 is 1.16 bits per heavy atom. The van der Waals surface area contributed by atoms with Crippen molar-refractivity contribution < 1.29 is 14.6 Å². The molecule has 0 bridgehead atoms. The molecule has 0 radical (unpaired) electrons. The Morgan fingerprint density at radius 2 is 1.84 bits per heavy atom. The molecule has 2 aliphatic heterocycles. The van der Waals surface area contributed by atoms with Crippen LogP contribution in [0.25, 0.3) is 0 Å². The van der Waals surface area contributed by atoms with Crippen molar-refractivity contribution in [1.29, 1.82) is 0 Å². The average molecular weight is 354 g/mol. The second-order valence-electron chi connectivity index (χ2n) is 6.58. The summed E-state index contributed by atoms with van der Waals surface area (Å²) in [5.74, 6) is 6.32. The maximum atomic E-state index is 10.8. The van der Waals surface area contributed by atoms with Crippen LogP contribution in [-0.2, 0) is 11.2 Å². The van der Waals surface area contributed by atoms with E-state index in [1.54, 1.807) is 0 Å². The fraction of sp³-hybridized carbons (Fsp3) is 0.250. The minimum Gasteiger partial charge on any atom is -0.484 e. The fourth-order valence-electron chi connectivity index (χ4n) is 3.42. The number of carbonyl (C=O) groups is 1. The first-order valence-corrected chi connectivity index (χ1v) is 8.43. The van der Waals surface area contributed by atoms with E-state index < -0.39 is 5.97 Å². The average Bonchev–Trinajstić information content (AvgIpc) is 2.92. The van der Waals surface area contributed by atoms with E-state index in [4.69, 9.17) is 21.4 Å². The molecule has 0 aliphatic carbocycles. The van der Waals surface area contributed by atoms with Gasteiger partial charge < -0.3 is 9.84 Å². The van der Waals surface area contributed by atoms with Crippen LogP contribution in [0.15, 0.2) is 42.5 Å². The molecule has 2 aliphatic rings. The standard InChI is InChI=1S/C20H16ClNO3/c21-17-7-4-14(5-8-17)1-2-15-3-6-16-10-20(25-18(16)9-15)12-22(13-20)11-19(23)24/h3-9H,10-13H2,(H,23,24). The van der Waals surface area contributed by atoms with Crippen LogP contribution < -0.4 is 4.74 Å². The van der Waals surface area contributed by atoms with Gasteiger partial charge in [0.1, 0.15) is 11.4 Å². The molecule has 1 saturated heterocycles. The summed E-state index contributed by atoms with van der Waals surface area (Å²) in [4.78, 5) is 12.7. The normalized spacial score (nSPS) is 17.2. The smallest absolute Gasteiger partial charge is 0.317 e. The summed E-state index contributed by atoms with van der Waals surface area (Å²) in [6.45, 7) is 1.37. The van der Waals surface area contributed by atoms with E-state index in [0.717, 1.165) is 28.9 Å². The first-order chi connectivity index (χ1) is 12.0. The van der Waals surface area contributed by atoms with E-state index in [9.17, 15) is 4.79 Å². The number of likely N-dealkylation sites (tertiary alicyclic amines) is 1.